The largest absolute Gasteiger partial charge is 0.384 e. The van der Waals surface area contributed by atoms with Gasteiger partial charge in [0.2, 0.25) is 0 Å². The van der Waals surface area contributed by atoms with Crippen LogP contribution in [0.15, 0.2) is 18.3 Å². The van der Waals surface area contributed by atoms with Crippen molar-refractivity contribution in [3.8, 4) is 6.07 Å². The number of methoxy groups -OCH3 is 1. The van der Waals surface area contributed by atoms with Gasteiger partial charge in [-0.1, -0.05) is 13.8 Å². The maximum Gasteiger partial charge on any atom is 0.252 e. The first-order valence-electron chi connectivity index (χ1n) is 5.62. The monoisotopic (exact) mass is 247 g/mol. The first-order chi connectivity index (χ1) is 8.48. The molecule has 1 rings (SSSR count). The maximum absolute atomic E-state index is 11.8. The third-order valence-corrected chi connectivity index (χ3v) is 2.40. The van der Waals surface area contributed by atoms with Crippen LogP contribution >= 0.6 is 0 Å². The molecule has 0 aromatic carbocycles. The second-order valence-electron chi connectivity index (χ2n) is 4.82. The van der Waals surface area contributed by atoms with Crippen molar-refractivity contribution in [1.82, 2.24) is 10.3 Å². The summed E-state index contributed by atoms with van der Waals surface area (Å²) in [6.45, 7) is 5.10. The van der Waals surface area contributed by atoms with Gasteiger partial charge in [0.05, 0.1) is 12.2 Å². The van der Waals surface area contributed by atoms with E-state index in [-0.39, 0.29) is 11.3 Å². The van der Waals surface area contributed by atoms with E-state index >= 15 is 0 Å². The van der Waals surface area contributed by atoms with Crippen molar-refractivity contribution >= 4 is 5.91 Å². The molecule has 0 fully saturated rings. The molecule has 0 aliphatic carbocycles. The van der Waals surface area contributed by atoms with E-state index in [0.717, 1.165) is 0 Å². The van der Waals surface area contributed by atoms with Gasteiger partial charge >= 0.3 is 0 Å². The van der Waals surface area contributed by atoms with Gasteiger partial charge < -0.3 is 10.1 Å². The van der Waals surface area contributed by atoms with E-state index in [2.05, 4.69) is 10.3 Å². The highest BCUT2D eigenvalue weighted by Gasteiger charge is 2.19. The molecule has 5 nitrogen and oxygen atoms in total. The second kappa shape index (κ2) is 6.12. The van der Waals surface area contributed by atoms with Gasteiger partial charge in [-0.25, -0.2) is 4.98 Å². The Labute approximate surface area is 107 Å². The summed E-state index contributed by atoms with van der Waals surface area (Å²) in [6.07, 6.45) is 1.40. The fraction of sp³-hybridized carbons (Fsp3) is 0.462. The average Bonchev–Trinajstić information content (AvgIpc) is 2.36. The first kappa shape index (κ1) is 14.1. The van der Waals surface area contributed by atoms with E-state index in [4.69, 9.17) is 10.00 Å². The molecule has 1 aromatic rings. The molecule has 1 heterocycles. The first-order valence-corrected chi connectivity index (χ1v) is 5.62. The minimum atomic E-state index is -0.198. The lowest BCUT2D eigenvalue weighted by Gasteiger charge is -2.23. The Hall–Kier alpha value is -1.93. The zero-order valence-electron chi connectivity index (χ0n) is 10.9. The minimum absolute atomic E-state index is 0.121. The molecule has 0 unspecified atom stereocenters. The average molecular weight is 247 g/mol. The number of pyridine rings is 1. The SMILES string of the molecule is COCC(C)(C)CNC(=O)c1ccc(C#N)nc1. The molecule has 0 saturated carbocycles. The predicted octanol–water partition coefficient (Wildman–Crippen LogP) is 1.36. The van der Waals surface area contributed by atoms with Gasteiger partial charge in [-0.05, 0) is 12.1 Å². The molecule has 18 heavy (non-hydrogen) atoms. The highest BCUT2D eigenvalue weighted by atomic mass is 16.5. The molecular formula is C13H17N3O2. The van der Waals surface area contributed by atoms with Crippen LogP contribution in [0.2, 0.25) is 0 Å². The van der Waals surface area contributed by atoms with Gasteiger partial charge in [-0.3, -0.25) is 4.79 Å². The van der Waals surface area contributed by atoms with Crippen LogP contribution in [0, 0.1) is 16.7 Å². The molecule has 5 heteroatoms. The molecule has 0 radical (unpaired) electrons. The van der Waals surface area contributed by atoms with E-state index in [9.17, 15) is 4.79 Å². The standard InChI is InChI=1S/C13H17N3O2/c1-13(2,9-18-3)8-16-12(17)10-4-5-11(6-14)15-7-10/h4-5,7H,8-9H2,1-3H3,(H,16,17). The Morgan fingerprint density at radius 3 is 2.78 bits per heavy atom. The second-order valence-corrected chi connectivity index (χ2v) is 4.82. The molecule has 0 aliphatic rings. The topological polar surface area (TPSA) is 75.0 Å². The number of nitrogens with one attached hydrogen (secondary N) is 1. The van der Waals surface area contributed by atoms with Crippen molar-refractivity contribution in [3.05, 3.63) is 29.6 Å². The summed E-state index contributed by atoms with van der Waals surface area (Å²) in [5.74, 6) is -0.198. The quantitative estimate of drug-likeness (QED) is 0.852. The fourth-order valence-corrected chi connectivity index (χ4v) is 1.46. The molecule has 1 N–H and O–H groups in total. The lowest BCUT2D eigenvalue weighted by Crippen LogP contribution is -2.36. The maximum atomic E-state index is 11.8. The van der Waals surface area contributed by atoms with Crippen LogP contribution in [-0.4, -0.2) is 31.2 Å². The van der Waals surface area contributed by atoms with Crippen LogP contribution in [0.3, 0.4) is 0 Å². The molecule has 1 amide bonds. The van der Waals surface area contributed by atoms with E-state index in [1.165, 1.54) is 12.3 Å². The summed E-state index contributed by atoms with van der Waals surface area (Å²) in [7, 11) is 1.63. The summed E-state index contributed by atoms with van der Waals surface area (Å²) >= 11 is 0. The zero-order valence-corrected chi connectivity index (χ0v) is 10.9. The van der Waals surface area contributed by atoms with E-state index in [1.807, 2.05) is 19.9 Å². The van der Waals surface area contributed by atoms with Crippen molar-refractivity contribution in [3.63, 3.8) is 0 Å². The molecule has 0 saturated heterocycles. The lowest BCUT2D eigenvalue weighted by atomic mass is 9.95. The fourth-order valence-electron chi connectivity index (χ4n) is 1.46. The summed E-state index contributed by atoms with van der Waals surface area (Å²) < 4.78 is 5.08. The molecule has 0 bridgehead atoms. The number of hydrogen-bond donors (Lipinski definition) is 1. The predicted molar refractivity (Wildman–Crippen MR) is 66.9 cm³/mol. The van der Waals surface area contributed by atoms with Gasteiger partial charge in [-0.15, -0.1) is 0 Å². The Morgan fingerprint density at radius 1 is 1.56 bits per heavy atom. The summed E-state index contributed by atoms with van der Waals surface area (Å²) in [5, 5.41) is 11.4. The number of nitrogens with zero attached hydrogens (tertiary/aromatic N) is 2. The highest BCUT2D eigenvalue weighted by molar-refractivity contribution is 5.93. The van der Waals surface area contributed by atoms with Crippen molar-refractivity contribution < 1.29 is 9.53 Å². The van der Waals surface area contributed by atoms with Gasteiger partial charge in [0.15, 0.2) is 0 Å². The number of aromatic nitrogens is 1. The van der Waals surface area contributed by atoms with Gasteiger partial charge in [0.1, 0.15) is 11.8 Å². The Morgan fingerprint density at radius 2 is 2.28 bits per heavy atom. The van der Waals surface area contributed by atoms with Crippen LogP contribution in [0.4, 0.5) is 0 Å². The number of ether oxygens (including phenoxy) is 1. The third-order valence-electron chi connectivity index (χ3n) is 2.40. The van der Waals surface area contributed by atoms with Gasteiger partial charge in [0, 0.05) is 25.3 Å². The Kier molecular flexibility index (Phi) is 4.81. The van der Waals surface area contributed by atoms with Crippen LogP contribution in [0.1, 0.15) is 29.9 Å². The molecular weight excluding hydrogens is 230 g/mol. The third kappa shape index (κ3) is 4.15. The van der Waals surface area contributed by atoms with Crippen LogP contribution < -0.4 is 5.32 Å². The summed E-state index contributed by atoms with van der Waals surface area (Å²) in [6, 6.07) is 5.02. The zero-order chi connectivity index (χ0) is 13.6. The van der Waals surface area contributed by atoms with Crippen molar-refractivity contribution in [2.75, 3.05) is 20.3 Å². The number of carbonyl (C=O) groups excluding carboxylic acids is 1. The molecule has 96 valence electrons. The normalized spacial score (nSPS) is 10.8. The van der Waals surface area contributed by atoms with Gasteiger partial charge in [0.25, 0.3) is 5.91 Å². The van der Waals surface area contributed by atoms with Crippen LogP contribution in [-0.2, 0) is 4.74 Å². The van der Waals surface area contributed by atoms with E-state index in [1.54, 1.807) is 13.2 Å². The molecule has 0 atom stereocenters. The Bertz CT molecular complexity index is 446. The van der Waals surface area contributed by atoms with E-state index in [0.29, 0.717) is 24.4 Å². The number of hydrogen-bond acceptors (Lipinski definition) is 4. The number of carbonyl (C=O) groups is 1. The van der Waals surface area contributed by atoms with Crippen molar-refractivity contribution in [2.24, 2.45) is 5.41 Å². The van der Waals surface area contributed by atoms with Crippen molar-refractivity contribution in [2.45, 2.75) is 13.8 Å². The minimum Gasteiger partial charge on any atom is -0.384 e. The van der Waals surface area contributed by atoms with Gasteiger partial charge in [-0.2, -0.15) is 5.26 Å². The number of rotatable bonds is 5. The Balaban J connectivity index is 2.58. The highest BCUT2D eigenvalue weighted by Crippen LogP contribution is 2.13. The van der Waals surface area contributed by atoms with E-state index < -0.39 is 0 Å². The number of amides is 1. The molecule has 0 aliphatic heterocycles. The van der Waals surface area contributed by atoms with Crippen LogP contribution in [0.5, 0.6) is 0 Å². The summed E-state index contributed by atoms with van der Waals surface area (Å²) in [5.41, 5.74) is 0.623. The number of nitriles is 1. The lowest BCUT2D eigenvalue weighted by molar-refractivity contribution is 0.0846. The summed E-state index contributed by atoms with van der Waals surface area (Å²) in [4.78, 5) is 15.7. The molecule has 1 aromatic heterocycles. The van der Waals surface area contributed by atoms with Crippen molar-refractivity contribution in [1.29, 1.82) is 5.26 Å². The molecule has 0 spiro atoms. The smallest absolute Gasteiger partial charge is 0.252 e. The van der Waals surface area contributed by atoms with Crippen LogP contribution in [0.25, 0.3) is 0 Å².